The van der Waals surface area contributed by atoms with Crippen molar-refractivity contribution >= 4 is 28.9 Å². The van der Waals surface area contributed by atoms with Gasteiger partial charge in [0.25, 0.3) is 0 Å². The summed E-state index contributed by atoms with van der Waals surface area (Å²) >= 11 is 0. The van der Waals surface area contributed by atoms with E-state index in [4.69, 9.17) is 4.42 Å². The molecule has 0 radical (unpaired) electrons. The highest BCUT2D eigenvalue weighted by Crippen LogP contribution is 2.48. The average Bonchev–Trinajstić information content (AvgIpc) is 3.11. The third kappa shape index (κ3) is 3.28. The molecule has 2 heterocycles. The van der Waals surface area contributed by atoms with Crippen molar-refractivity contribution in [3.8, 4) is 0 Å². The van der Waals surface area contributed by atoms with Gasteiger partial charge in [0.05, 0.1) is 17.4 Å². The Morgan fingerprint density at radius 3 is 2.67 bits per heavy atom. The van der Waals surface area contributed by atoms with E-state index in [9.17, 15) is 19.7 Å². The Hall–Kier alpha value is -3.42. The Morgan fingerprint density at radius 1 is 1.27 bits per heavy atom. The first-order chi connectivity index (χ1) is 14.2. The summed E-state index contributed by atoms with van der Waals surface area (Å²) in [4.78, 5) is 38.5. The second-order valence-corrected chi connectivity index (χ2v) is 8.43. The Labute approximate surface area is 173 Å². The van der Waals surface area contributed by atoms with Crippen LogP contribution in [0.15, 0.2) is 52.1 Å². The van der Waals surface area contributed by atoms with Crippen molar-refractivity contribution in [3.05, 3.63) is 63.5 Å². The first-order valence-corrected chi connectivity index (χ1v) is 9.90. The fraction of sp³-hybridized carbons (Fsp3) is 0.364. The molecular weight excluding hydrogens is 386 g/mol. The molecule has 0 saturated heterocycles. The molecule has 8 nitrogen and oxygen atoms in total. The topological polar surface area (TPSA) is 106 Å². The van der Waals surface area contributed by atoms with Gasteiger partial charge >= 0.3 is 5.88 Å². The molecule has 0 fully saturated rings. The zero-order chi connectivity index (χ0) is 21.6. The summed E-state index contributed by atoms with van der Waals surface area (Å²) in [5, 5.41) is 14.6. The standard InChI is InChI=1S/C22H23N3O5/c1-4-18(27)24-15-8-6-5-7-13(15)23-14-11-22(2,3)12-16(26)20(14)21(24)17-9-10-19(30-17)25(28)29/h5-10,21,23H,4,11-12H2,1-3H3/t21-/m0/s1. The lowest BCUT2D eigenvalue weighted by atomic mass is 9.74. The second kappa shape index (κ2) is 7.12. The monoisotopic (exact) mass is 409 g/mol. The first-order valence-electron chi connectivity index (χ1n) is 9.90. The third-order valence-corrected chi connectivity index (χ3v) is 5.53. The van der Waals surface area contributed by atoms with Crippen molar-refractivity contribution in [3.63, 3.8) is 0 Å². The number of anilines is 2. The fourth-order valence-electron chi connectivity index (χ4n) is 4.29. The quantitative estimate of drug-likeness (QED) is 0.580. The maximum atomic E-state index is 13.3. The molecule has 0 unspecified atom stereocenters. The largest absolute Gasteiger partial charge is 0.433 e. The van der Waals surface area contributed by atoms with Crippen molar-refractivity contribution < 1.29 is 18.9 Å². The molecule has 1 aromatic carbocycles. The van der Waals surface area contributed by atoms with Gasteiger partial charge in [0, 0.05) is 24.1 Å². The molecule has 0 saturated carbocycles. The van der Waals surface area contributed by atoms with Crippen LogP contribution in [-0.4, -0.2) is 16.6 Å². The minimum Gasteiger partial charge on any atom is -0.403 e. The SMILES string of the molecule is CCC(=O)N1c2ccccc2NC2=C(C(=O)CC(C)(C)C2)[C@@H]1c1ccc([N+](=O)[O-])o1. The van der Waals surface area contributed by atoms with Gasteiger partial charge < -0.3 is 9.73 Å². The van der Waals surface area contributed by atoms with Gasteiger partial charge in [-0.15, -0.1) is 0 Å². The van der Waals surface area contributed by atoms with Gasteiger partial charge in [-0.1, -0.05) is 32.9 Å². The maximum Gasteiger partial charge on any atom is 0.433 e. The number of hydrogen-bond donors (Lipinski definition) is 1. The van der Waals surface area contributed by atoms with Gasteiger partial charge in [-0.05, 0) is 30.0 Å². The number of nitrogens with one attached hydrogen (secondary N) is 1. The second-order valence-electron chi connectivity index (χ2n) is 8.43. The van der Waals surface area contributed by atoms with Crippen LogP contribution >= 0.6 is 0 Å². The van der Waals surface area contributed by atoms with Crippen LogP contribution < -0.4 is 10.2 Å². The van der Waals surface area contributed by atoms with Gasteiger partial charge in [-0.2, -0.15) is 0 Å². The summed E-state index contributed by atoms with van der Waals surface area (Å²) in [5.41, 5.74) is 2.21. The number of amides is 1. The number of fused-ring (bicyclic) bond motifs is 1. The zero-order valence-electron chi connectivity index (χ0n) is 17.1. The predicted octanol–water partition coefficient (Wildman–Crippen LogP) is 4.74. The molecule has 1 aliphatic heterocycles. The summed E-state index contributed by atoms with van der Waals surface area (Å²) in [6.45, 7) is 5.79. The number of carbonyl (C=O) groups excluding carboxylic acids is 2. The minimum atomic E-state index is -0.874. The summed E-state index contributed by atoms with van der Waals surface area (Å²) in [6.07, 6.45) is 1.13. The molecule has 8 heteroatoms. The van der Waals surface area contributed by atoms with E-state index in [0.29, 0.717) is 29.8 Å². The zero-order valence-corrected chi connectivity index (χ0v) is 17.1. The number of hydrogen-bond acceptors (Lipinski definition) is 6. The van der Waals surface area contributed by atoms with Crippen molar-refractivity contribution in [2.45, 2.75) is 46.1 Å². The highest BCUT2D eigenvalue weighted by atomic mass is 16.6. The van der Waals surface area contributed by atoms with Crippen LogP contribution in [0.3, 0.4) is 0 Å². The average molecular weight is 409 g/mol. The first kappa shape index (κ1) is 19.9. The van der Waals surface area contributed by atoms with Crippen LogP contribution in [0, 0.1) is 15.5 Å². The molecule has 30 heavy (non-hydrogen) atoms. The number of ketones is 1. The normalized spacial score (nSPS) is 20.2. The summed E-state index contributed by atoms with van der Waals surface area (Å²) < 4.78 is 5.52. The van der Waals surface area contributed by atoms with E-state index in [-0.39, 0.29) is 29.3 Å². The van der Waals surface area contributed by atoms with Gasteiger partial charge in [0.1, 0.15) is 16.7 Å². The molecule has 1 N–H and O–H groups in total. The number of Topliss-reactive ketones (excluding diaryl/α,β-unsaturated/α-hetero) is 1. The van der Waals surface area contributed by atoms with Crippen molar-refractivity contribution in [2.24, 2.45) is 5.41 Å². The van der Waals surface area contributed by atoms with Crippen LogP contribution in [0.25, 0.3) is 0 Å². The lowest BCUT2D eigenvalue weighted by Gasteiger charge is -2.35. The smallest absolute Gasteiger partial charge is 0.403 e. The predicted molar refractivity (Wildman–Crippen MR) is 111 cm³/mol. The van der Waals surface area contributed by atoms with E-state index in [2.05, 4.69) is 5.32 Å². The van der Waals surface area contributed by atoms with E-state index >= 15 is 0 Å². The van der Waals surface area contributed by atoms with Crippen LogP contribution in [0.4, 0.5) is 17.3 Å². The third-order valence-electron chi connectivity index (χ3n) is 5.53. The lowest BCUT2D eigenvalue weighted by molar-refractivity contribution is -0.402. The number of benzene rings is 1. The van der Waals surface area contributed by atoms with Crippen molar-refractivity contribution in [2.75, 3.05) is 10.2 Å². The molecule has 0 spiro atoms. The van der Waals surface area contributed by atoms with E-state index in [1.807, 2.05) is 32.0 Å². The van der Waals surface area contributed by atoms with Crippen molar-refractivity contribution in [1.29, 1.82) is 0 Å². The number of furan rings is 1. The Balaban J connectivity index is 2.00. The molecule has 1 aliphatic carbocycles. The molecule has 1 aromatic heterocycles. The highest BCUT2D eigenvalue weighted by molar-refractivity contribution is 6.06. The highest BCUT2D eigenvalue weighted by Gasteiger charge is 2.44. The van der Waals surface area contributed by atoms with E-state index in [1.54, 1.807) is 13.0 Å². The van der Waals surface area contributed by atoms with Gasteiger partial charge in [-0.25, -0.2) is 0 Å². The van der Waals surface area contributed by atoms with Crippen LogP contribution in [0.1, 0.15) is 51.8 Å². The molecule has 2 aromatic rings. The molecule has 2 aliphatic rings. The van der Waals surface area contributed by atoms with Crippen LogP contribution in [0.2, 0.25) is 0 Å². The number of nitrogens with zero attached hydrogens (tertiary/aromatic N) is 2. The summed E-state index contributed by atoms with van der Waals surface area (Å²) in [7, 11) is 0. The molecule has 156 valence electrons. The minimum absolute atomic E-state index is 0.0977. The summed E-state index contributed by atoms with van der Waals surface area (Å²) in [5.74, 6) is -0.535. The number of nitro groups is 1. The molecule has 1 amide bonds. The molecule has 4 rings (SSSR count). The van der Waals surface area contributed by atoms with Gasteiger partial charge in [0.15, 0.2) is 5.78 Å². The number of carbonyl (C=O) groups is 2. The fourth-order valence-corrected chi connectivity index (χ4v) is 4.29. The molecule has 1 atom stereocenters. The van der Waals surface area contributed by atoms with Gasteiger partial charge in [-0.3, -0.25) is 24.6 Å². The Morgan fingerprint density at radius 2 is 2.00 bits per heavy atom. The lowest BCUT2D eigenvalue weighted by Crippen LogP contribution is -2.39. The van der Waals surface area contributed by atoms with Crippen LogP contribution in [-0.2, 0) is 9.59 Å². The van der Waals surface area contributed by atoms with Crippen molar-refractivity contribution in [1.82, 2.24) is 0 Å². The number of rotatable bonds is 3. The van der Waals surface area contributed by atoms with E-state index in [0.717, 1.165) is 5.70 Å². The van der Waals surface area contributed by atoms with Gasteiger partial charge in [0.2, 0.25) is 5.91 Å². The molecular formula is C22H23N3O5. The van der Waals surface area contributed by atoms with E-state index in [1.165, 1.54) is 17.0 Å². The summed E-state index contributed by atoms with van der Waals surface area (Å²) in [6, 6.07) is 9.18. The Kier molecular flexibility index (Phi) is 4.72. The molecule has 0 bridgehead atoms. The maximum absolute atomic E-state index is 13.3. The number of para-hydroxylation sites is 2. The van der Waals surface area contributed by atoms with E-state index < -0.39 is 16.8 Å². The number of allylic oxidation sites excluding steroid dienone is 1. The Bertz CT molecular complexity index is 1080. The van der Waals surface area contributed by atoms with Crippen LogP contribution in [0.5, 0.6) is 0 Å².